The van der Waals surface area contributed by atoms with Gasteiger partial charge in [-0.1, -0.05) is 12.1 Å². The number of fused-ring (bicyclic) bond motifs is 3. The summed E-state index contributed by atoms with van der Waals surface area (Å²) in [5.74, 6) is 2.95. The Morgan fingerprint density at radius 2 is 1.78 bits per heavy atom. The van der Waals surface area contributed by atoms with Crippen LogP contribution in [-0.2, 0) is 6.42 Å². The average molecular weight is 365 g/mol. The Morgan fingerprint density at radius 3 is 2.52 bits per heavy atom. The summed E-state index contributed by atoms with van der Waals surface area (Å²) in [5.41, 5.74) is 8.34. The fraction of sp³-hybridized carbons (Fsp3) is 0.211. The Hall–Kier alpha value is -3.55. The molecule has 2 heterocycles. The van der Waals surface area contributed by atoms with Crippen LogP contribution in [0.3, 0.4) is 0 Å². The number of nitrogens with zero attached hydrogens (tertiary/aromatic N) is 4. The van der Waals surface area contributed by atoms with Crippen molar-refractivity contribution in [1.29, 1.82) is 0 Å². The summed E-state index contributed by atoms with van der Waals surface area (Å²) in [6, 6.07) is 11.3. The van der Waals surface area contributed by atoms with E-state index in [9.17, 15) is 0 Å². The minimum absolute atomic E-state index is 0.252. The lowest BCUT2D eigenvalue weighted by molar-refractivity contribution is 0.391. The molecule has 0 aliphatic rings. The molecule has 4 aromatic rings. The van der Waals surface area contributed by atoms with E-state index < -0.39 is 0 Å². The number of anilines is 1. The molecule has 0 spiro atoms. The number of rotatable bonds is 5. The van der Waals surface area contributed by atoms with E-state index in [0.717, 1.165) is 16.7 Å². The number of benzene rings is 2. The molecule has 0 radical (unpaired) electrons. The Balaban J connectivity index is 1.83. The highest BCUT2D eigenvalue weighted by atomic mass is 16.5. The van der Waals surface area contributed by atoms with Gasteiger partial charge in [0.05, 0.1) is 21.3 Å². The molecule has 0 saturated heterocycles. The fourth-order valence-corrected chi connectivity index (χ4v) is 3.08. The molecule has 2 aromatic heterocycles. The summed E-state index contributed by atoms with van der Waals surface area (Å²) in [4.78, 5) is 9.10. The van der Waals surface area contributed by atoms with Gasteiger partial charge in [-0.05, 0) is 18.2 Å². The zero-order chi connectivity index (χ0) is 19.0. The van der Waals surface area contributed by atoms with Crippen molar-refractivity contribution in [3.8, 4) is 17.2 Å². The van der Waals surface area contributed by atoms with E-state index in [1.807, 2.05) is 36.4 Å². The monoisotopic (exact) mass is 365 g/mol. The van der Waals surface area contributed by atoms with Crippen LogP contribution in [0.15, 0.2) is 36.4 Å². The summed E-state index contributed by atoms with van der Waals surface area (Å²) in [6.45, 7) is 0. The first kappa shape index (κ1) is 16.9. The molecule has 2 aromatic carbocycles. The molecular formula is C19H19N5O3. The van der Waals surface area contributed by atoms with Gasteiger partial charge in [0.2, 0.25) is 5.95 Å². The third kappa shape index (κ3) is 2.84. The highest BCUT2D eigenvalue weighted by molar-refractivity contribution is 5.95. The van der Waals surface area contributed by atoms with E-state index in [4.69, 9.17) is 19.9 Å². The normalized spacial score (nSPS) is 11.1. The maximum atomic E-state index is 6.10. The third-order valence-corrected chi connectivity index (χ3v) is 4.40. The molecule has 8 nitrogen and oxygen atoms in total. The van der Waals surface area contributed by atoms with Gasteiger partial charge in [0, 0.05) is 23.4 Å². The summed E-state index contributed by atoms with van der Waals surface area (Å²) >= 11 is 0. The van der Waals surface area contributed by atoms with E-state index in [0.29, 0.717) is 34.9 Å². The molecule has 0 aliphatic carbocycles. The number of ether oxygens (including phenoxy) is 3. The van der Waals surface area contributed by atoms with Crippen LogP contribution in [0, 0.1) is 0 Å². The average Bonchev–Trinajstić information content (AvgIpc) is 3.12. The quantitative estimate of drug-likeness (QED) is 0.580. The van der Waals surface area contributed by atoms with Crippen molar-refractivity contribution >= 4 is 22.5 Å². The van der Waals surface area contributed by atoms with Gasteiger partial charge in [-0.25, -0.2) is 9.97 Å². The Kier molecular flexibility index (Phi) is 4.15. The van der Waals surface area contributed by atoms with Crippen LogP contribution in [-0.4, -0.2) is 40.9 Å². The van der Waals surface area contributed by atoms with Crippen LogP contribution in [0.4, 0.5) is 5.95 Å². The van der Waals surface area contributed by atoms with Gasteiger partial charge >= 0.3 is 0 Å². The van der Waals surface area contributed by atoms with E-state index in [1.54, 1.807) is 25.8 Å². The number of nitrogen functional groups attached to an aromatic ring is 1. The Morgan fingerprint density at radius 1 is 0.963 bits per heavy atom. The largest absolute Gasteiger partial charge is 0.497 e. The van der Waals surface area contributed by atoms with Crippen molar-refractivity contribution < 1.29 is 14.2 Å². The van der Waals surface area contributed by atoms with Crippen LogP contribution in [0.1, 0.15) is 11.4 Å². The smallest absolute Gasteiger partial charge is 0.223 e. The predicted octanol–water partition coefficient (Wildman–Crippen LogP) is 2.48. The second-order valence-corrected chi connectivity index (χ2v) is 5.94. The van der Waals surface area contributed by atoms with Gasteiger partial charge in [0.25, 0.3) is 0 Å². The molecule has 0 unspecified atom stereocenters. The molecule has 2 N–H and O–H groups in total. The SMILES string of the molecule is COc1ccc(Cc2nc3c4cccc(OC)c4nc(N)n3n2)c(OC)c1. The third-order valence-electron chi connectivity index (χ3n) is 4.40. The number of methoxy groups -OCH3 is 3. The van der Waals surface area contributed by atoms with E-state index in [1.165, 1.54) is 0 Å². The van der Waals surface area contributed by atoms with Gasteiger partial charge in [-0.2, -0.15) is 4.52 Å². The summed E-state index contributed by atoms with van der Waals surface area (Å²) < 4.78 is 17.6. The first-order valence-electron chi connectivity index (χ1n) is 8.33. The van der Waals surface area contributed by atoms with Crippen LogP contribution in [0.2, 0.25) is 0 Å². The molecule has 0 saturated carbocycles. The number of nitrogens with two attached hydrogens (primary N) is 1. The molecule has 0 amide bonds. The maximum absolute atomic E-state index is 6.10. The number of hydrogen-bond donors (Lipinski definition) is 1. The highest BCUT2D eigenvalue weighted by Crippen LogP contribution is 2.29. The maximum Gasteiger partial charge on any atom is 0.223 e. The van der Waals surface area contributed by atoms with Gasteiger partial charge in [-0.3, -0.25) is 0 Å². The van der Waals surface area contributed by atoms with E-state index in [-0.39, 0.29) is 5.95 Å². The molecule has 138 valence electrons. The zero-order valence-corrected chi connectivity index (χ0v) is 15.3. The minimum Gasteiger partial charge on any atom is -0.497 e. The van der Waals surface area contributed by atoms with E-state index >= 15 is 0 Å². The first-order chi connectivity index (χ1) is 13.1. The minimum atomic E-state index is 0.252. The summed E-state index contributed by atoms with van der Waals surface area (Å²) in [6.07, 6.45) is 0.486. The molecule has 8 heteroatoms. The van der Waals surface area contributed by atoms with Crippen molar-refractivity contribution in [3.05, 3.63) is 47.8 Å². The standard InChI is InChI=1S/C19H19N5O3/c1-25-12-8-7-11(15(10-12)27-3)9-16-21-18-13-5-4-6-14(26-2)17(13)22-19(20)24(18)23-16/h4-8,10H,9H2,1-3H3,(H2,20,22). The van der Waals surface area contributed by atoms with Gasteiger partial charge in [0.15, 0.2) is 11.5 Å². The van der Waals surface area contributed by atoms with Gasteiger partial charge < -0.3 is 19.9 Å². The van der Waals surface area contributed by atoms with Crippen molar-refractivity contribution in [2.24, 2.45) is 0 Å². The second kappa shape index (κ2) is 6.64. The lowest BCUT2D eigenvalue weighted by atomic mass is 10.1. The van der Waals surface area contributed by atoms with Gasteiger partial charge in [-0.15, -0.1) is 5.10 Å². The molecular weight excluding hydrogens is 346 g/mol. The number of aromatic nitrogens is 4. The molecule has 4 rings (SSSR count). The predicted molar refractivity (Wildman–Crippen MR) is 102 cm³/mol. The number of para-hydroxylation sites is 1. The van der Waals surface area contributed by atoms with Crippen molar-refractivity contribution in [1.82, 2.24) is 19.6 Å². The lowest BCUT2D eigenvalue weighted by Crippen LogP contribution is -2.03. The topological polar surface area (TPSA) is 96.8 Å². The molecule has 0 aliphatic heterocycles. The molecule has 0 fully saturated rings. The van der Waals surface area contributed by atoms with Gasteiger partial charge in [0.1, 0.15) is 22.8 Å². The van der Waals surface area contributed by atoms with Crippen LogP contribution < -0.4 is 19.9 Å². The van der Waals surface area contributed by atoms with Crippen LogP contribution in [0.5, 0.6) is 17.2 Å². The zero-order valence-electron chi connectivity index (χ0n) is 15.3. The molecule has 0 bridgehead atoms. The first-order valence-corrected chi connectivity index (χ1v) is 8.33. The summed E-state index contributed by atoms with van der Waals surface area (Å²) in [7, 11) is 4.84. The summed E-state index contributed by atoms with van der Waals surface area (Å²) in [5, 5.41) is 5.34. The van der Waals surface area contributed by atoms with Crippen LogP contribution in [0.25, 0.3) is 16.6 Å². The Bertz CT molecular complexity index is 1140. The molecule has 27 heavy (non-hydrogen) atoms. The molecule has 0 atom stereocenters. The van der Waals surface area contributed by atoms with Crippen molar-refractivity contribution in [3.63, 3.8) is 0 Å². The lowest BCUT2D eigenvalue weighted by Gasteiger charge is -2.08. The number of hydrogen-bond acceptors (Lipinski definition) is 7. The second-order valence-electron chi connectivity index (χ2n) is 5.94. The fourth-order valence-electron chi connectivity index (χ4n) is 3.08. The van der Waals surface area contributed by atoms with Crippen molar-refractivity contribution in [2.45, 2.75) is 6.42 Å². The Labute approximate surface area is 155 Å². The van der Waals surface area contributed by atoms with Crippen LogP contribution >= 0.6 is 0 Å². The van der Waals surface area contributed by atoms with Crippen molar-refractivity contribution in [2.75, 3.05) is 27.1 Å². The highest BCUT2D eigenvalue weighted by Gasteiger charge is 2.16. The van der Waals surface area contributed by atoms with E-state index in [2.05, 4.69) is 15.1 Å².